The molecule has 1 aliphatic rings. The van der Waals surface area contributed by atoms with E-state index >= 15 is 0 Å². The first-order valence-electron chi connectivity index (χ1n) is 8.63. The van der Waals surface area contributed by atoms with Crippen molar-refractivity contribution in [3.63, 3.8) is 0 Å². The molecular formula is C18H28N4O2. The summed E-state index contributed by atoms with van der Waals surface area (Å²) in [7, 11) is 0. The van der Waals surface area contributed by atoms with Gasteiger partial charge in [-0.05, 0) is 18.1 Å². The number of amides is 2. The molecule has 0 bridgehead atoms. The minimum absolute atomic E-state index is 0.0257. The number of nitrogens with two attached hydrogens (primary N) is 1. The summed E-state index contributed by atoms with van der Waals surface area (Å²) in [6.45, 7) is 7.04. The number of nitrogens with one attached hydrogen (secondary N) is 1. The van der Waals surface area contributed by atoms with Crippen LogP contribution in [0.5, 0.6) is 0 Å². The number of para-hydroxylation sites is 1. The highest BCUT2D eigenvalue weighted by Gasteiger charge is 2.28. The number of piperazine rings is 1. The molecule has 0 radical (unpaired) electrons. The molecule has 3 N–H and O–H groups in total. The van der Waals surface area contributed by atoms with Gasteiger partial charge in [0.15, 0.2) is 0 Å². The van der Waals surface area contributed by atoms with E-state index in [1.165, 1.54) is 0 Å². The van der Waals surface area contributed by atoms with Gasteiger partial charge < -0.3 is 16.0 Å². The Bertz CT molecular complexity index is 541. The average Bonchev–Trinajstić information content (AvgIpc) is 2.61. The molecule has 1 aromatic rings. The van der Waals surface area contributed by atoms with Crippen molar-refractivity contribution >= 4 is 17.5 Å². The summed E-state index contributed by atoms with van der Waals surface area (Å²) in [4.78, 5) is 28.3. The number of hydrogen-bond acceptors (Lipinski definition) is 4. The van der Waals surface area contributed by atoms with Crippen molar-refractivity contribution < 1.29 is 9.59 Å². The molecule has 132 valence electrons. The number of carbonyl (C=O) groups is 2. The molecule has 0 spiro atoms. The second kappa shape index (κ2) is 8.80. The first kappa shape index (κ1) is 18.4. The summed E-state index contributed by atoms with van der Waals surface area (Å²) in [5.41, 5.74) is 6.84. The van der Waals surface area contributed by atoms with Crippen molar-refractivity contribution in [2.45, 2.75) is 26.3 Å². The van der Waals surface area contributed by atoms with Crippen LogP contribution in [-0.4, -0.2) is 60.4 Å². The average molecular weight is 332 g/mol. The number of nitrogens with zero attached hydrogens (tertiary/aromatic N) is 2. The fourth-order valence-electron chi connectivity index (χ4n) is 2.76. The van der Waals surface area contributed by atoms with E-state index in [9.17, 15) is 9.59 Å². The quantitative estimate of drug-likeness (QED) is 0.819. The summed E-state index contributed by atoms with van der Waals surface area (Å²) < 4.78 is 0. The van der Waals surface area contributed by atoms with Gasteiger partial charge in [-0.25, -0.2) is 0 Å². The van der Waals surface area contributed by atoms with Gasteiger partial charge in [0, 0.05) is 31.9 Å². The van der Waals surface area contributed by atoms with Gasteiger partial charge in [0.2, 0.25) is 11.8 Å². The SMILES string of the molecule is CCC(C)C(N)C(=O)N1CCN(CC(=O)Nc2ccccc2)CC1. The third kappa shape index (κ3) is 5.04. The summed E-state index contributed by atoms with van der Waals surface area (Å²) in [6.07, 6.45) is 0.895. The van der Waals surface area contributed by atoms with Crippen molar-refractivity contribution in [1.82, 2.24) is 9.80 Å². The molecule has 1 fully saturated rings. The van der Waals surface area contributed by atoms with Crippen molar-refractivity contribution in [2.24, 2.45) is 11.7 Å². The Balaban J connectivity index is 1.76. The molecule has 0 saturated carbocycles. The van der Waals surface area contributed by atoms with Gasteiger partial charge in [0.1, 0.15) is 0 Å². The molecule has 1 aliphatic heterocycles. The van der Waals surface area contributed by atoms with E-state index in [0.29, 0.717) is 32.7 Å². The Morgan fingerprint density at radius 3 is 2.38 bits per heavy atom. The molecule has 6 heteroatoms. The highest BCUT2D eigenvalue weighted by Crippen LogP contribution is 2.11. The van der Waals surface area contributed by atoms with Gasteiger partial charge in [-0.3, -0.25) is 14.5 Å². The normalized spacial score (nSPS) is 18.0. The summed E-state index contributed by atoms with van der Waals surface area (Å²) in [5, 5.41) is 2.88. The number of rotatable bonds is 6. The number of anilines is 1. The van der Waals surface area contributed by atoms with Gasteiger partial charge in [0.05, 0.1) is 12.6 Å². The molecular weight excluding hydrogens is 304 g/mol. The third-order valence-electron chi connectivity index (χ3n) is 4.65. The molecule has 1 saturated heterocycles. The molecule has 0 aliphatic carbocycles. The fraction of sp³-hybridized carbons (Fsp3) is 0.556. The standard InChI is InChI=1S/C18H28N4O2/c1-3-14(2)17(19)18(24)22-11-9-21(10-12-22)13-16(23)20-15-7-5-4-6-8-15/h4-8,14,17H,3,9-13,19H2,1-2H3,(H,20,23). The van der Waals surface area contributed by atoms with Gasteiger partial charge in [-0.15, -0.1) is 0 Å². The minimum atomic E-state index is -0.428. The fourth-order valence-corrected chi connectivity index (χ4v) is 2.76. The van der Waals surface area contributed by atoms with Gasteiger partial charge >= 0.3 is 0 Å². The minimum Gasteiger partial charge on any atom is -0.339 e. The van der Waals surface area contributed by atoms with E-state index in [-0.39, 0.29) is 17.7 Å². The zero-order chi connectivity index (χ0) is 17.5. The maximum Gasteiger partial charge on any atom is 0.239 e. The smallest absolute Gasteiger partial charge is 0.239 e. The van der Waals surface area contributed by atoms with Crippen LogP contribution in [-0.2, 0) is 9.59 Å². The Hall–Kier alpha value is -1.92. The number of benzene rings is 1. The van der Waals surface area contributed by atoms with Crippen LogP contribution in [0.15, 0.2) is 30.3 Å². The molecule has 0 aromatic heterocycles. The molecule has 1 heterocycles. The van der Waals surface area contributed by atoms with E-state index in [1.807, 2.05) is 49.1 Å². The maximum absolute atomic E-state index is 12.4. The van der Waals surface area contributed by atoms with Crippen LogP contribution in [0.4, 0.5) is 5.69 Å². The summed E-state index contributed by atoms with van der Waals surface area (Å²) >= 11 is 0. The predicted octanol–water partition coefficient (Wildman–Crippen LogP) is 1.14. The highest BCUT2D eigenvalue weighted by atomic mass is 16.2. The van der Waals surface area contributed by atoms with Crippen LogP contribution in [0.25, 0.3) is 0 Å². The van der Waals surface area contributed by atoms with Crippen LogP contribution >= 0.6 is 0 Å². The highest BCUT2D eigenvalue weighted by molar-refractivity contribution is 5.92. The molecule has 24 heavy (non-hydrogen) atoms. The van der Waals surface area contributed by atoms with E-state index in [4.69, 9.17) is 5.73 Å². The molecule has 2 atom stereocenters. The van der Waals surface area contributed by atoms with Crippen LogP contribution in [0.2, 0.25) is 0 Å². The van der Waals surface area contributed by atoms with Gasteiger partial charge in [-0.1, -0.05) is 38.5 Å². The van der Waals surface area contributed by atoms with Crippen molar-refractivity contribution in [3.05, 3.63) is 30.3 Å². The van der Waals surface area contributed by atoms with Crippen molar-refractivity contribution in [3.8, 4) is 0 Å². The third-order valence-corrected chi connectivity index (χ3v) is 4.65. The molecule has 2 rings (SSSR count). The lowest BCUT2D eigenvalue weighted by Gasteiger charge is -2.36. The molecule has 6 nitrogen and oxygen atoms in total. The van der Waals surface area contributed by atoms with Crippen LogP contribution in [0, 0.1) is 5.92 Å². The molecule has 2 unspecified atom stereocenters. The van der Waals surface area contributed by atoms with E-state index in [2.05, 4.69) is 10.2 Å². The zero-order valence-electron chi connectivity index (χ0n) is 14.6. The number of carbonyl (C=O) groups excluding carboxylic acids is 2. The van der Waals surface area contributed by atoms with E-state index < -0.39 is 6.04 Å². The van der Waals surface area contributed by atoms with Gasteiger partial charge in [-0.2, -0.15) is 0 Å². The second-order valence-electron chi connectivity index (χ2n) is 6.43. The lowest BCUT2D eigenvalue weighted by atomic mass is 9.98. The zero-order valence-corrected chi connectivity index (χ0v) is 14.6. The monoisotopic (exact) mass is 332 g/mol. The Kier molecular flexibility index (Phi) is 6.75. The Labute approximate surface area is 144 Å². The first-order valence-corrected chi connectivity index (χ1v) is 8.63. The van der Waals surface area contributed by atoms with E-state index in [1.54, 1.807) is 0 Å². The topological polar surface area (TPSA) is 78.7 Å². The lowest BCUT2D eigenvalue weighted by molar-refractivity contribution is -0.135. The van der Waals surface area contributed by atoms with Gasteiger partial charge in [0.25, 0.3) is 0 Å². The molecule has 2 amide bonds. The van der Waals surface area contributed by atoms with Crippen LogP contribution < -0.4 is 11.1 Å². The largest absolute Gasteiger partial charge is 0.339 e. The van der Waals surface area contributed by atoms with Crippen molar-refractivity contribution in [2.75, 3.05) is 38.0 Å². The number of hydrogen-bond donors (Lipinski definition) is 2. The first-order chi connectivity index (χ1) is 11.5. The van der Waals surface area contributed by atoms with E-state index in [0.717, 1.165) is 12.1 Å². The molecule has 1 aromatic carbocycles. The maximum atomic E-state index is 12.4. The predicted molar refractivity (Wildman–Crippen MR) is 95.5 cm³/mol. The lowest BCUT2D eigenvalue weighted by Crippen LogP contribution is -2.55. The van der Waals surface area contributed by atoms with Crippen LogP contribution in [0.1, 0.15) is 20.3 Å². The Morgan fingerprint density at radius 2 is 1.79 bits per heavy atom. The van der Waals surface area contributed by atoms with Crippen LogP contribution in [0.3, 0.4) is 0 Å². The summed E-state index contributed by atoms with van der Waals surface area (Å²) in [5.74, 6) is 0.183. The second-order valence-corrected chi connectivity index (χ2v) is 6.43. The Morgan fingerprint density at radius 1 is 1.17 bits per heavy atom. The summed E-state index contributed by atoms with van der Waals surface area (Å²) in [6, 6.07) is 9.00. The van der Waals surface area contributed by atoms with Crippen molar-refractivity contribution in [1.29, 1.82) is 0 Å².